The lowest BCUT2D eigenvalue weighted by molar-refractivity contribution is 0.178. The van der Waals surface area contributed by atoms with Gasteiger partial charge in [0.05, 0.1) is 11.6 Å². The van der Waals surface area contributed by atoms with Gasteiger partial charge < -0.3 is 5.32 Å². The van der Waals surface area contributed by atoms with Crippen LogP contribution in [0.15, 0.2) is 18.2 Å². The van der Waals surface area contributed by atoms with Crippen LogP contribution >= 0.6 is 0 Å². The van der Waals surface area contributed by atoms with Gasteiger partial charge in [-0.2, -0.15) is 5.26 Å². The van der Waals surface area contributed by atoms with Gasteiger partial charge in [0.2, 0.25) is 0 Å². The van der Waals surface area contributed by atoms with Gasteiger partial charge in [-0.05, 0) is 55.2 Å². The van der Waals surface area contributed by atoms with Crippen molar-refractivity contribution in [2.24, 2.45) is 11.3 Å². The molecule has 2 rings (SSSR count). The molecule has 0 aromatic heterocycles. The minimum Gasteiger partial charge on any atom is -0.382 e. The first-order valence-electron chi connectivity index (χ1n) is 7.17. The van der Waals surface area contributed by atoms with Gasteiger partial charge in [-0.15, -0.1) is 0 Å². The molecule has 0 radical (unpaired) electrons. The van der Waals surface area contributed by atoms with E-state index in [0.717, 1.165) is 17.2 Å². The van der Waals surface area contributed by atoms with Crippen molar-refractivity contribution < 1.29 is 0 Å². The largest absolute Gasteiger partial charge is 0.382 e. The SMILES string of the molecule is Cc1ccc(C#N)cc1NC1CC(C)CC(C)(C)C1. The molecule has 1 aliphatic rings. The monoisotopic (exact) mass is 256 g/mol. The second-order valence-electron chi connectivity index (χ2n) is 6.90. The molecule has 0 spiro atoms. The Labute approximate surface area is 116 Å². The number of anilines is 1. The van der Waals surface area contributed by atoms with Crippen LogP contribution in [-0.2, 0) is 0 Å². The highest BCUT2D eigenvalue weighted by Crippen LogP contribution is 2.39. The number of hydrogen-bond acceptors (Lipinski definition) is 2. The molecule has 1 aromatic rings. The summed E-state index contributed by atoms with van der Waals surface area (Å²) in [6.45, 7) is 9.15. The van der Waals surface area contributed by atoms with E-state index in [-0.39, 0.29) is 0 Å². The third-order valence-electron chi connectivity index (χ3n) is 4.11. The Kier molecular flexibility index (Phi) is 3.85. The zero-order valence-corrected chi connectivity index (χ0v) is 12.5. The molecule has 102 valence electrons. The van der Waals surface area contributed by atoms with Crippen molar-refractivity contribution in [1.82, 2.24) is 0 Å². The fourth-order valence-electron chi connectivity index (χ4n) is 3.52. The van der Waals surface area contributed by atoms with Crippen LogP contribution in [0.4, 0.5) is 5.69 Å². The third kappa shape index (κ3) is 3.50. The summed E-state index contributed by atoms with van der Waals surface area (Å²) < 4.78 is 0. The fraction of sp³-hybridized carbons (Fsp3) is 0.588. The lowest BCUT2D eigenvalue weighted by Gasteiger charge is -2.39. The maximum atomic E-state index is 9.01. The Morgan fingerprint density at radius 2 is 2.05 bits per heavy atom. The average Bonchev–Trinajstić information content (AvgIpc) is 2.29. The molecule has 0 aliphatic heterocycles. The van der Waals surface area contributed by atoms with Gasteiger partial charge >= 0.3 is 0 Å². The van der Waals surface area contributed by atoms with E-state index >= 15 is 0 Å². The number of hydrogen-bond donors (Lipinski definition) is 1. The minimum atomic E-state index is 0.413. The van der Waals surface area contributed by atoms with E-state index in [9.17, 15) is 0 Å². The van der Waals surface area contributed by atoms with Crippen molar-refractivity contribution in [3.63, 3.8) is 0 Å². The molecule has 1 aromatic carbocycles. The van der Waals surface area contributed by atoms with Crippen molar-refractivity contribution in [2.75, 3.05) is 5.32 Å². The normalized spacial score (nSPS) is 25.6. The number of rotatable bonds is 2. The zero-order chi connectivity index (χ0) is 14.0. The Morgan fingerprint density at radius 1 is 1.32 bits per heavy atom. The molecule has 0 heterocycles. The van der Waals surface area contributed by atoms with Crippen molar-refractivity contribution in [3.05, 3.63) is 29.3 Å². The Morgan fingerprint density at radius 3 is 2.68 bits per heavy atom. The Bertz CT molecular complexity index is 496. The van der Waals surface area contributed by atoms with E-state index < -0.39 is 0 Å². The summed E-state index contributed by atoms with van der Waals surface area (Å²) >= 11 is 0. The quantitative estimate of drug-likeness (QED) is 0.846. The minimum absolute atomic E-state index is 0.413. The summed E-state index contributed by atoms with van der Waals surface area (Å²) in [5.41, 5.74) is 3.48. The summed E-state index contributed by atoms with van der Waals surface area (Å²) in [6, 6.07) is 8.62. The van der Waals surface area contributed by atoms with Gasteiger partial charge in [0.25, 0.3) is 0 Å². The highest BCUT2D eigenvalue weighted by atomic mass is 14.9. The van der Waals surface area contributed by atoms with Crippen LogP contribution in [0.1, 0.15) is 51.2 Å². The van der Waals surface area contributed by atoms with Gasteiger partial charge in [0, 0.05) is 11.7 Å². The standard InChI is InChI=1S/C17H24N2/c1-12-7-15(10-17(3,4)9-12)19-16-8-14(11-18)6-5-13(16)2/h5-6,8,12,15,19H,7,9-10H2,1-4H3. The third-order valence-corrected chi connectivity index (χ3v) is 4.11. The maximum Gasteiger partial charge on any atom is 0.0992 e. The second kappa shape index (κ2) is 5.25. The topological polar surface area (TPSA) is 35.8 Å². The molecule has 2 atom stereocenters. The number of nitrogens with one attached hydrogen (secondary N) is 1. The number of benzene rings is 1. The molecule has 2 unspecified atom stereocenters. The van der Waals surface area contributed by atoms with E-state index in [1.54, 1.807) is 0 Å². The molecule has 0 saturated heterocycles. The predicted molar refractivity (Wildman–Crippen MR) is 80.1 cm³/mol. The average molecular weight is 256 g/mol. The molecule has 2 nitrogen and oxygen atoms in total. The van der Waals surface area contributed by atoms with Crippen LogP contribution in [0.5, 0.6) is 0 Å². The second-order valence-corrected chi connectivity index (χ2v) is 6.90. The molecule has 1 N–H and O–H groups in total. The van der Waals surface area contributed by atoms with Crippen LogP contribution < -0.4 is 5.32 Å². The molecule has 0 bridgehead atoms. The molecule has 1 fully saturated rings. The van der Waals surface area contributed by atoms with Crippen LogP contribution in [0.2, 0.25) is 0 Å². The lowest BCUT2D eigenvalue weighted by Crippen LogP contribution is -2.35. The van der Waals surface area contributed by atoms with E-state index in [2.05, 4.69) is 39.1 Å². The number of nitrogens with zero attached hydrogens (tertiary/aromatic N) is 1. The molecule has 0 amide bonds. The van der Waals surface area contributed by atoms with Gasteiger partial charge in [-0.1, -0.05) is 26.8 Å². The van der Waals surface area contributed by atoms with Crippen molar-refractivity contribution in [2.45, 2.75) is 53.0 Å². The molecule has 19 heavy (non-hydrogen) atoms. The summed E-state index contributed by atoms with van der Waals surface area (Å²) in [6.07, 6.45) is 3.73. The van der Waals surface area contributed by atoms with E-state index in [4.69, 9.17) is 5.26 Å². The van der Waals surface area contributed by atoms with Crippen molar-refractivity contribution in [3.8, 4) is 6.07 Å². The van der Waals surface area contributed by atoms with Crippen molar-refractivity contribution in [1.29, 1.82) is 5.26 Å². The Balaban J connectivity index is 2.15. The van der Waals surface area contributed by atoms with Gasteiger partial charge in [-0.3, -0.25) is 0 Å². The number of nitriles is 1. The summed E-state index contributed by atoms with van der Waals surface area (Å²) in [7, 11) is 0. The first kappa shape index (κ1) is 13.9. The molecular formula is C17H24N2. The van der Waals surface area contributed by atoms with Crippen LogP contribution in [0.3, 0.4) is 0 Å². The highest BCUT2D eigenvalue weighted by Gasteiger charge is 2.32. The van der Waals surface area contributed by atoms with Crippen LogP contribution in [0.25, 0.3) is 0 Å². The zero-order valence-electron chi connectivity index (χ0n) is 12.5. The Hall–Kier alpha value is -1.49. The highest BCUT2D eigenvalue weighted by molar-refractivity contribution is 5.55. The fourth-order valence-corrected chi connectivity index (χ4v) is 3.52. The van der Waals surface area contributed by atoms with Gasteiger partial charge in [0.15, 0.2) is 0 Å². The molecular weight excluding hydrogens is 232 g/mol. The first-order valence-corrected chi connectivity index (χ1v) is 7.17. The summed E-state index contributed by atoms with van der Waals surface area (Å²) in [5.74, 6) is 0.765. The molecule has 1 aliphatic carbocycles. The molecule has 2 heteroatoms. The van der Waals surface area contributed by atoms with Gasteiger partial charge in [0.1, 0.15) is 0 Å². The van der Waals surface area contributed by atoms with E-state index in [1.807, 2.05) is 18.2 Å². The summed E-state index contributed by atoms with van der Waals surface area (Å²) in [5, 5.41) is 12.7. The van der Waals surface area contributed by atoms with E-state index in [0.29, 0.717) is 11.5 Å². The lowest BCUT2D eigenvalue weighted by atomic mass is 9.70. The molecule has 1 saturated carbocycles. The van der Waals surface area contributed by atoms with Crippen LogP contribution in [-0.4, -0.2) is 6.04 Å². The smallest absolute Gasteiger partial charge is 0.0992 e. The number of aryl methyl sites for hydroxylation is 1. The first-order chi connectivity index (χ1) is 8.89. The van der Waals surface area contributed by atoms with Gasteiger partial charge in [-0.25, -0.2) is 0 Å². The van der Waals surface area contributed by atoms with Crippen molar-refractivity contribution >= 4 is 5.69 Å². The predicted octanol–water partition coefficient (Wildman–Crippen LogP) is 4.49. The van der Waals surface area contributed by atoms with E-state index in [1.165, 1.54) is 24.8 Å². The van der Waals surface area contributed by atoms with Crippen LogP contribution in [0, 0.1) is 29.6 Å². The maximum absolute atomic E-state index is 9.01. The summed E-state index contributed by atoms with van der Waals surface area (Å²) in [4.78, 5) is 0.